The minimum atomic E-state index is -1.14. The summed E-state index contributed by atoms with van der Waals surface area (Å²) in [6.45, 7) is 16.2. The van der Waals surface area contributed by atoms with E-state index in [-0.39, 0.29) is 35.9 Å². The topological polar surface area (TPSA) is 124 Å². The third kappa shape index (κ3) is 4.26. The largest absolute Gasteiger partial charge is 0.478 e. The first kappa shape index (κ1) is 30.9. The van der Waals surface area contributed by atoms with Crippen LogP contribution in [-0.4, -0.2) is 46.8 Å². The number of hydrogen-bond donors (Lipinski definition) is 1. The van der Waals surface area contributed by atoms with Gasteiger partial charge in [0.15, 0.2) is 17.7 Å². The number of hydrogen-bond acceptors (Lipinski definition) is 7. The number of fused-ring (bicyclic) bond motifs is 5. The van der Waals surface area contributed by atoms with Gasteiger partial charge in [0.2, 0.25) is 0 Å². The molecule has 8 heteroatoms. The van der Waals surface area contributed by atoms with E-state index in [1.165, 1.54) is 13.8 Å². The predicted octanol–water partition coefficient (Wildman–Crippen LogP) is 5.40. The SMILES string of the molecule is CC(=O)O[C@H]1C[C@]2(C)[C@@]3(C)[C@H](OC(C)=O)C(=O)[C@H]4[C@H](C)C(=O)C=C[C@]4(C)[C@@H]3CC[C@@]2(C)C1=C(CC=C(C)C)C(=O)O. The highest BCUT2D eigenvalue weighted by Crippen LogP contribution is 2.77. The first-order valence-electron chi connectivity index (χ1n) is 14.6. The number of aliphatic carboxylic acids is 1. The molecule has 0 amide bonds. The molecule has 4 aliphatic rings. The summed E-state index contributed by atoms with van der Waals surface area (Å²) in [5.41, 5.74) is -1.51. The fraction of sp³-hybridized carbons (Fsp3) is 0.667. The van der Waals surface area contributed by atoms with Gasteiger partial charge in [0.25, 0.3) is 0 Å². The van der Waals surface area contributed by atoms with E-state index in [1.807, 2.05) is 53.7 Å². The van der Waals surface area contributed by atoms with Gasteiger partial charge in [-0.2, -0.15) is 0 Å². The van der Waals surface area contributed by atoms with Crippen molar-refractivity contribution in [2.45, 2.75) is 100 Å². The van der Waals surface area contributed by atoms with E-state index >= 15 is 0 Å². The fourth-order valence-electron chi connectivity index (χ4n) is 9.48. The molecule has 3 saturated carbocycles. The van der Waals surface area contributed by atoms with E-state index in [0.29, 0.717) is 18.4 Å². The van der Waals surface area contributed by atoms with Crippen LogP contribution in [0.25, 0.3) is 0 Å². The molecule has 0 aliphatic heterocycles. The maximum Gasteiger partial charge on any atom is 0.331 e. The number of carboxylic acids is 1. The number of rotatable bonds is 5. The van der Waals surface area contributed by atoms with Crippen molar-refractivity contribution < 1.29 is 38.6 Å². The Kier molecular flexibility index (Phi) is 7.58. The number of esters is 2. The number of ketones is 2. The number of Topliss-reactive ketones (excluding diaryl/α,β-unsaturated/α-hetero) is 1. The van der Waals surface area contributed by atoms with Crippen LogP contribution < -0.4 is 0 Å². The van der Waals surface area contributed by atoms with Gasteiger partial charge in [-0.25, -0.2) is 4.79 Å². The van der Waals surface area contributed by atoms with Gasteiger partial charge in [-0.15, -0.1) is 0 Å². The van der Waals surface area contributed by atoms with Gasteiger partial charge in [-0.1, -0.05) is 52.3 Å². The number of carbonyl (C=O) groups is 5. The standard InChI is InChI=1S/C33H44O8/c1-17(2)10-11-21(29(38)39)26-23(40-19(4)34)16-32(8)31(26,7)15-13-24-30(6)14-12-22(36)18(3)25(30)27(37)28(33(24,32)9)41-20(5)35/h10,12,14,18,23-25,28H,11,13,15-16H2,1-9H3,(H,38,39)/t18-,23+,24+,25-,28-,30-,31+,32+,33-/m1/s1. The van der Waals surface area contributed by atoms with Crippen molar-refractivity contribution in [3.05, 3.63) is 34.9 Å². The number of ether oxygens (including phenoxy) is 2. The minimum Gasteiger partial charge on any atom is -0.478 e. The lowest BCUT2D eigenvalue weighted by molar-refractivity contribution is -0.233. The average molecular weight is 569 g/mol. The smallest absolute Gasteiger partial charge is 0.331 e. The van der Waals surface area contributed by atoms with Crippen molar-refractivity contribution in [3.63, 3.8) is 0 Å². The van der Waals surface area contributed by atoms with Crippen molar-refractivity contribution in [2.75, 3.05) is 0 Å². The van der Waals surface area contributed by atoms with Crippen LogP contribution in [0.5, 0.6) is 0 Å². The van der Waals surface area contributed by atoms with Crippen LogP contribution in [0.15, 0.2) is 34.9 Å². The van der Waals surface area contributed by atoms with Crippen LogP contribution in [0, 0.1) is 39.4 Å². The highest BCUT2D eigenvalue weighted by Gasteiger charge is 2.77. The van der Waals surface area contributed by atoms with Gasteiger partial charge < -0.3 is 14.6 Å². The molecule has 224 valence electrons. The molecular formula is C33H44O8. The lowest BCUT2D eigenvalue weighted by atomic mass is 9.34. The molecule has 4 aliphatic carbocycles. The lowest BCUT2D eigenvalue weighted by Gasteiger charge is -2.69. The van der Waals surface area contributed by atoms with E-state index in [9.17, 15) is 29.1 Å². The maximum absolute atomic E-state index is 14.4. The summed E-state index contributed by atoms with van der Waals surface area (Å²) in [6.07, 6.45) is 5.01. The van der Waals surface area contributed by atoms with Crippen molar-refractivity contribution >= 4 is 29.5 Å². The normalized spacial score (nSPS) is 42.4. The number of carboxylic acid groups (broad SMARTS) is 1. The minimum absolute atomic E-state index is 0.121. The molecule has 1 N–H and O–H groups in total. The van der Waals surface area contributed by atoms with Gasteiger partial charge in [-0.3, -0.25) is 19.2 Å². The van der Waals surface area contributed by atoms with Crippen molar-refractivity contribution in [3.8, 4) is 0 Å². The molecule has 8 nitrogen and oxygen atoms in total. The van der Waals surface area contributed by atoms with Crippen LogP contribution in [0.3, 0.4) is 0 Å². The molecule has 41 heavy (non-hydrogen) atoms. The van der Waals surface area contributed by atoms with Gasteiger partial charge >= 0.3 is 17.9 Å². The molecule has 0 unspecified atom stereocenters. The van der Waals surface area contributed by atoms with E-state index in [4.69, 9.17) is 9.47 Å². The molecular weight excluding hydrogens is 524 g/mol. The van der Waals surface area contributed by atoms with Crippen LogP contribution in [0.1, 0.15) is 88.0 Å². The Morgan fingerprint density at radius 3 is 2.17 bits per heavy atom. The summed E-state index contributed by atoms with van der Waals surface area (Å²) in [6, 6.07) is 0. The quantitative estimate of drug-likeness (QED) is 0.266. The molecule has 0 aromatic heterocycles. The first-order chi connectivity index (χ1) is 18.9. The van der Waals surface area contributed by atoms with Crippen molar-refractivity contribution in [1.82, 2.24) is 0 Å². The molecule has 0 heterocycles. The molecule has 0 radical (unpaired) electrons. The highest BCUT2D eigenvalue weighted by atomic mass is 16.6. The lowest BCUT2D eigenvalue weighted by Crippen LogP contribution is -2.71. The zero-order valence-electron chi connectivity index (χ0n) is 25.8. The van der Waals surface area contributed by atoms with Crippen LogP contribution in [0.4, 0.5) is 0 Å². The molecule has 0 aromatic carbocycles. The molecule has 0 bridgehead atoms. The third-order valence-corrected chi connectivity index (χ3v) is 11.5. The highest BCUT2D eigenvalue weighted by molar-refractivity contribution is 6.00. The van der Waals surface area contributed by atoms with Gasteiger partial charge in [0.05, 0.1) is 0 Å². The van der Waals surface area contributed by atoms with Crippen LogP contribution in [-0.2, 0) is 33.4 Å². The third-order valence-electron chi connectivity index (χ3n) is 11.5. The maximum atomic E-state index is 14.4. The predicted molar refractivity (Wildman–Crippen MR) is 151 cm³/mol. The van der Waals surface area contributed by atoms with E-state index in [1.54, 1.807) is 13.0 Å². The molecule has 3 fully saturated rings. The summed E-state index contributed by atoms with van der Waals surface area (Å²) in [5.74, 6) is -3.95. The van der Waals surface area contributed by atoms with E-state index in [2.05, 4.69) is 0 Å². The Morgan fingerprint density at radius 1 is 1.02 bits per heavy atom. The zero-order valence-corrected chi connectivity index (χ0v) is 25.8. The fourth-order valence-corrected chi connectivity index (χ4v) is 9.48. The number of carbonyl (C=O) groups excluding carboxylic acids is 4. The Morgan fingerprint density at radius 2 is 1.63 bits per heavy atom. The second-order valence-electron chi connectivity index (χ2n) is 13.8. The molecule has 0 saturated heterocycles. The second-order valence-corrected chi connectivity index (χ2v) is 13.8. The monoisotopic (exact) mass is 568 g/mol. The summed E-state index contributed by atoms with van der Waals surface area (Å²) >= 11 is 0. The Balaban J connectivity index is 2.03. The van der Waals surface area contributed by atoms with Gasteiger partial charge in [0, 0.05) is 36.7 Å². The molecule has 4 rings (SSSR count). The first-order valence-corrected chi connectivity index (χ1v) is 14.6. The van der Waals surface area contributed by atoms with Gasteiger partial charge in [0.1, 0.15) is 6.10 Å². The number of allylic oxidation sites excluding steroid dienone is 4. The summed E-state index contributed by atoms with van der Waals surface area (Å²) in [5, 5.41) is 10.5. The second kappa shape index (κ2) is 10.1. The molecule has 0 spiro atoms. The zero-order chi connectivity index (χ0) is 30.9. The Bertz CT molecular complexity index is 1300. The Labute approximate surface area is 242 Å². The summed E-state index contributed by atoms with van der Waals surface area (Å²) in [4.78, 5) is 64.9. The van der Waals surface area contributed by atoms with Crippen molar-refractivity contribution in [2.24, 2.45) is 39.4 Å². The Hall–Kier alpha value is -3.03. The van der Waals surface area contributed by atoms with Crippen LogP contribution >= 0.6 is 0 Å². The molecule has 9 atom stereocenters. The molecule has 0 aromatic rings. The summed E-state index contributed by atoms with van der Waals surface area (Å²) in [7, 11) is 0. The van der Waals surface area contributed by atoms with E-state index < -0.39 is 63.6 Å². The average Bonchev–Trinajstić information content (AvgIpc) is 3.06. The van der Waals surface area contributed by atoms with Gasteiger partial charge in [-0.05, 0) is 73.3 Å². The van der Waals surface area contributed by atoms with Crippen molar-refractivity contribution in [1.29, 1.82) is 0 Å². The summed E-state index contributed by atoms with van der Waals surface area (Å²) < 4.78 is 11.8. The van der Waals surface area contributed by atoms with E-state index in [0.717, 1.165) is 5.57 Å². The van der Waals surface area contributed by atoms with Crippen LogP contribution in [0.2, 0.25) is 0 Å².